The van der Waals surface area contributed by atoms with Gasteiger partial charge in [-0.1, -0.05) is 490 Å². The summed E-state index contributed by atoms with van der Waals surface area (Å²) in [5, 5.41) is 16.2. The van der Waals surface area contributed by atoms with E-state index in [1.807, 2.05) is 0 Å². The van der Waals surface area contributed by atoms with Crippen LogP contribution in [0.5, 0.6) is 0 Å². The summed E-state index contributed by atoms with van der Waals surface area (Å²) >= 11 is 0. The first-order valence-electron chi connectivity index (χ1n) is 45.7. The second kappa shape index (κ2) is 49.3. The molecule has 654 valence electrons. The highest BCUT2D eigenvalue weighted by atomic mass is 14.1. The third-order valence-corrected chi connectivity index (χ3v) is 23.4. The standard InChI is InChI=1S/C20H18.C14H14.6C12H12.3C8H10/c1-15-3-7-17(8-4-15)19-11-13-20(14-12-19)18-9-5-16(2)6-10-18;1-11-3-7-13(8-4-11)14-9-5-12(2)6-10-14;1-9-3-5-12-8-10(2)4-6-11(12)7-9;1-9-3-5-11-6-4-10(2)8-12(11)7-9;1-9-5-3-8-12-10(2)6-4-7-11(9)12;1-9-5-3-7-11-8-4-6-10(2)12(9)11;1-9-6-7-12-10(2)4-3-5-11(12)8-9;1-9-6-7-11-5-3-4-10(2)12(11)8-9;1-7-3-5-8(2)6-4-7;1-7-4-3-5-8(2)6-7;1-7-5-3-4-6-8(7)2/h3-14H,1-2H3;3-10H,1-2H3;6*3-8H,1-2H3;3*3-6H,1-2H3. The molecule has 0 aromatic heterocycles. The molecule has 0 heterocycles. The Morgan fingerprint density at radius 1 is 0.100 bits per heavy atom. The van der Waals surface area contributed by atoms with Crippen LogP contribution in [0.2, 0.25) is 0 Å². The molecular formula is C130H134. The molecule has 20 aromatic carbocycles. The van der Waals surface area contributed by atoms with Crippen LogP contribution in [0.15, 0.2) is 413 Å². The van der Waals surface area contributed by atoms with Crippen molar-refractivity contribution in [1.29, 1.82) is 0 Å². The summed E-state index contributed by atoms with van der Waals surface area (Å²) in [6.07, 6.45) is 0. The van der Waals surface area contributed by atoms with Crippen LogP contribution in [-0.4, -0.2) is 0 Å². The summed E-state index contributed by atoms with van der Waals surface area (Å²) < 4.78 is 0. The minimum atomic E-state index is 1.26. The fourth-order valence-corrected chi connectivity index (χ4v) is 15.4. The molecule has 0 unspecified atom stereocenters. The molecule has 20 rings (SSSR count). The van der Waals surface area contributed by atoms with Crippen molar-refractivity contribution in [3.8, 4) is 33.4 Å². The van der Waals surface area contributed by atoms with Gasteiger partial charge in [-0.15, -0.1) is 0 Å². The van der Waals surface area contributed by atoms with Gasteiger partial charge >= 0.3 is 0 Å². The van der Waals surface area contributed by atoms with Crippen molar-refractivity contribution >= 4 is 64.6 Å². The zero-order chi connectivity index (χ0) is 93.2. The van der Waals surface area contributed by atoms with E-state index in [-0.39, 0.29) is 0 Å². The zero-order valence-corrected chi connectivity index (χ0v) is 81.3. The Kier molecular flexibility index (Phi) is 37.2. The summed E-state index contributed by atoms with van der Waals surface area (Å²) in [5.41, 5.74) is 37.0. The summed E-state index contributed by atoms with van der Waals surface area (Å²) in [5.74, 6) is 0. The van der Waals surface area contributed by atoms with Crippen LogP contribution in [0.1, 0.15) is 122 Å². The van der Waals surface area contributed by atoms with Gasteiger partial charge in [-0.2, -0.15) is 0 Å². The summed E-state index contributed by atoms with van der Waals surface area (Å²) in [4.78, 5) is 0. The van der Waals surface area contributed by atoms with E-state index in [2.05, 4.69) is 565 Å². The molecule has 0 radical (unpaired) electrons. The third kappa shape index (κ3) is 30.9. The highest BCUT2D eigenvalue weighted by molar-refractivity contribution is 5.91. The summed E-state index contributed by atoms with van der Waals surface area (Å²) in [7, 11) is 0. The smallest absolute Gasteiger partial charge is 0.0125 e. The van der Waals surface area contributed by atoms with Gasteiger partial charge in [0.25, 0.3) is 0 Å². The van der Waals surface area contributed by atoms with E-state index in [0.29, 0.717) is 0 Å². The van der Waals surface area contributed by atoms with Crippen LogP contribution in [0.25, 0.3) is 98.0 Å². The van der Waals surface area contributed by atoms with Crippen molar-refractivity contribution < 1.29 is 0 Å². The van der Waals surface area contributed by atoms with Gasteiger partial charge in [-0.05, 0) is 295 Å². The molecule has 0 aliphatic rings. The maximum atomic E-state index is 2.24. The largest absolute Gasteiger partial charge is 0.0620 e. The van der Waals surface area contributed by atoms with Crippen LogP contribution in [0, 0.1) is 152 Å². The van der Waals surface area contributed by atoms with Gasteiger partial charge < -0.3 is 0 Å². The molecule has 0 saturated carbocycles. The predicted octanol–water partition coefficient (Wildman–Crippen LogP) is 37.3. The quantitative estimate of drug-likeness (QED) is 0.165. The molecule has 20 aromatic rings. The van der Waals surface area contributed by atoms with Crippen molar-refractivity contribution in [3.05, 3.63) is 535 Å². The molecule has 0 saturated heterocycles. The van der Waals surface area contributed by atoms with Crippen molar-refractivity contribution in [3.63, 3.8) is 0 Å². The van der Waals surface area contributed by atoms with Crippen LogP contribution in [0.4, 0.5) is 0 Å². The van der Waals surface area contributed by atoms with E-state index in [4.69, 9.17) is 0 Å². The molecule has 0 bridgehead atoms. The molecule has 0 aliphatic heterocycles. The topological polar surface area (TPSA) is 0 Å². The fraction of sp³-hybridized carbons (Fsp3) is 0.169. The zero-order valence-electron chi connectivity index (χ0n) is 81.3. The van der Waals surface area contributed by atoms with Crippen LogP contribution in [-0.2, 0) is 0 Å². The van der Waals surface area contributed by atoms with E-state index in [1.165, 1.54) is 220 Å². The molecule has 0 N–H and O–H groups in total. The SMILES string of the molecule is Cc1ccc(-c2ccc(-c3ccc(C)cc3)cc2)cc1.Cc1ccc(-c2ccc(C)cc2)cc1.Cc1ccc(C)cc1.Cc1ccc2c(C)cccc2c1.Cc1ccc2cc(C)ccc2c1.Cc1ccc2ccc(C)cc2c1.Cc1ccc2cccc(C)c2c1.Cc1cccc(C)c1.Cc1cccc2c(C)cccc12.Cc1cccc2cccc(C)c12.Cc1ccccc1C. The maximum absolute atomic E-state index is 2.24. The van der Waals surface area contributed by atoms with E-state index in [9.17, 15) is 0 Å². The van der Waals surface area contributed by atoms with Gasteiger partial charge in [0.1, 0.15) is 0 Å². The van der Waals surface area contributed by atoms with Gasteiger partial charge in [-0.25, -0.2) is 0 Å². The lowest BCUT2D eigenvalue weighted by atomic mass is 9.99. The lowest BCUT2D eigenvalue weighted by molar-refractivity contribution is 1.34. The Balaban J connectivity index is 0.000000150. The van der Waals surface area contributed by atoms with Gasteiger partial charge in [0.2, 0.25) is 0 Å². The first-order valence-corrected chi connectivity index (χ1v) is 45.7. The Labute approximate surface area is 779 Å². The van der Waals surface area contributed by atoms with E-state index in [0.717, 1.165) is 0 Å². The number of rotatable bonds is 3. The first kappa shape index (κ1) is 98.1. The van der Waals surface area contributed by atoms with E-state index < -0.39 is 0 Å². The normalized spacial score (nSPS) is 10.2. The second-order valence-corrected chi connectivity index (χ2v) is 35.2. The Bertz CT molecular complexity index is 6590. The highest BCUT2D eigenvalue weighted by Gasteiger charge is 2.05. The monoisotopic (exact) mass is 1700 g/mol. The minimum absolute atomic E-state index is 1.26. The summed E-state index contributed by atoms with van der Waals surface area (Å²) in [6, 6.07) is 147. The number of hydrogen-bond acceptors (Lipinski definition) is 0. The number of hydrogen-bond donors (Lipinski definition) is 0. The Morgan fingerprint density at radius 2 is 0.323 bits per heavy atom. The minimum Gasteiger partial charge on any atom is -0.0620 e. The van der Waals surface area contributed by atoms with E-state index in [1.54, 1.807) is 0 Å². The average molecular weight is 1700 g/mol. The molecule has 0 fully saturated rings. The van der Waals surface area contributed by atoms with Crippen LogP contribution < -0.4 is 0 Å². The molecule has 0 aliphatic carbocycles. The molecule has 130 heavy (non-hydrogen) atoms. The molecule has 0 nitrogen and oxygen atoms in total. The molecular weight excluding hydrogens is 1560 g/mol. The fourth-order valence-electron chi connectivity index (χ4n) is 15.4. The molecule has 0 atom stereocenters. The van der Waals surface area contributed by atoms with Gasteiger partial charge in [0, 0.05) is 0 Å². The predicted molar refractivity (Wildman–Crippen MR) is 576 cm³/mol. The highest BCUT2D eigenvalue weighted by Crippen LogP contribution is 2.29. The molecule has 0 heteroatoms. The lowest BCUT2D eigenvalue weighted by Crippen LogP contribution is -1.81. The van der Waals surface area contributed by atoms with Crippen molar-refractivity contribution in [1.82, 2.24) is 0 Å². The second-order valence-electron chi connectivity index (χ2n) is 35.2. The van der Waals surface area contributed by atoms with Crippen LogP contribution >= 0.6 is 0 Å². The Morgan fingerprint density at radius 3 is 0.654 bits per heavy atom. The summed E-state index contributed by atoms with van der Waals surface area (Å²) in [6.45, 7) is 46.8. The number of benzene rings is 20. The van der Waals surface area contributed by atoms with Crippen molar-refractivity contribution in [2.75, 3.05) is 0 Å². The molecule has 0 spiro atoms. The number of aryl methyl sites for hydroxylation is 22. The Hall–Kier alpha value is -14.0. The molecule has 0 amide bonds. The third-order valence-electron chi connectivity index (χ3n) is 23.4. The average Bonchev–Trinajstić information content (AvgIpc) is 0.834. The lowest BCUT2D eigenvalue weighted by Gasteiger charge is -2.06. The van der Waals surface area contributed by atoms with Crippen LogP contribution in [0.3, 0.4) is 0 Å². The number of fused-ring (bicyclic) bond motifs is 6. The van der Waals surface area contributed by atoms with Gasteiger partial charge in [0.05, 0.1) is 0 Å². The first-order chi connectivity index (χ1) is 62.5. The van der Waals surface area contributed by atoms with Crippen molar-refractivity contribution in [2.45, 2.75) is 152 Å². The maximum Gasteiger partial charge on any atom is -0.0125 e. The van der Waals surface area contributed by atoms with E-state index >= 15 is 0 Å². The van der Waals surface area contributed by atoms with Crippen molar-refractivity contribution in [2.24, 2.45) is 0 Å². The van der Waals surface area contributed by atoms with Gasteiger partial charge in [0.15, 0.2) is 0 Å². The van der Waals surface area contributed by atoms with Gasteiger partial charge in [-0.3, -0.25) is 0 Å².